The zero-order valence-corrected chi connectivity index (χ0v) is 10.9. The van der Waals surface area contributed by atoms with Crippen LogP contribution in [0, 0.1) is 5.92 Å². The Morgan fingerprint density at radius 2 is 2.18 bits per heavy atom. The molecule has 0 amide bonds. The van der Waals surface area contributed by atoms with E-state index in [1.165, 1.54) is 26.1 Å². The van der Waals surface area contributed by atoms with Gasteiger partial charge in [0.1, 0.15) is 0 Å². The molecule has 17 heavy (non-hydrogen) atoms. The van der Waals surface area contributed by atoms with Gasteiger partial charge in [0.25, 0.3) is 0 Å². The highest BCUT2D eigenvalue weighted by molar-refractivity contribution is 7.19. The van der Waals surface area contributed by atoms with E-state index in [-0.39, 0.29) is 0 Å². The van der Waals surface area contributed by atoms with Crippen LogP contribution in [-0.4, -0.2) is 6.21 Å². The van der Waals surface area contributed by atoms with Crippen LogP contribution in [0.25, 0.3) is 16.2 Å². The minimum atomic E-state index is 0.687. The Balaban J connectivity index is 2.29. The topological polar surface area (TPSA) is 12.4 Å². The van der Waals surface area contributed by atoms with Crippen molar-refractivity contribution in [2.75, 3.05) is 0 Å². The second kappa shape index (κ2) is 4.11. The van der Waals surface area contributed by atoms with E-state index in [4.69, 9.17) is 0 Å². The summed E-state index contributed by atoms with van der Waals surface area (Å²) in [5, 5.41) is 1.38. The molecule has 0 atom stereocenters. The van der Waals surface area contributed by atoms with E-state index in [9.17, 15) is 0 Å². The standard InChI is InChI=1S/C15H15NS/c1-10(2)8-14-12-9-16-7-6-11-4-3-5-13(17-14)15(11)12/h3-7,9-10H,8H2,1-2H3. The van der Waals surface area contributed by atoms with E-state index in [0.29, 0.717) is 5.92 Å². The molecule has 0 aliphatic carbocycles. The second-order valence-corrected chi connectivity index (χ2v) is 5.99. The number of aliphatic imine (C=N–C) groups is 1. The summed E-state index contributed by atoms with van der Waals surface area (Å²) in [5.74, 6) is 0.687. The van der Waals surface area contributed by atoms with Crippen molar-refractivity contribution in [3.8, 4) is 0 Å². The van der Waals surface area contributed by atoms with E-state index < -0.39 is 0 Å². The fourth-order valence-corrected chi connectivity index (χ4v) is 3.71. The van der Waals surface area contributed by atoms with E-state index >= 15 is 0 Å². The van der Waals surface area contributed by atoms with Crippen molar-refractivity contribution in [1.29, 1.82) is 0 Å². The first-order chi connectivity index (χ1) is 8.25. The van der Waals surface area contributed by atoms with Gasteiger partial charge in [0.15, 0.2) is 0 Å². The molecule has 3 rings (SSSR count). The Hall–Kier alpha value is -1.41. The highest BCUT2D eigenvalue weighted by Crippen LogP contribution is 2.35. The van der Waals surface area contributed by atoms with Crippen LogP contribution in [-0.2, 0) is 6.42 Å². The second-order valence-electron chi connectivity index (χ2n) is 4.85. The molecule has 0 fully saturated rings. The molecule has 1 aromatic carbocycles. The summed E-state index contributed by atoms with van der Waals surface area (Å²) < 4.78 is 1.38. The molecule has 0 bridgehead atoms. The minimum absolute atomic E-state index is 0.687. The Morgan fingerprint density at radius 3 is 3.00 bits per heavy atom. The van der Waals surface area contributed by atoms with Crippen molar-refractivity contribution < 1.29 is 0 Å². The molecule has 2 heterocycles. The van der Waals surface area contributed by atoms with Gasteiger partial charge in [-0.25, -0.2) is 0 Å². The van der Waals surface area contributed by atoms with Crippen molar-refractivity contribution in [3.05, 3.63) is 40.4 Å². The molecule has 0 spiro atoms. The van der Waals surface area contributed by atoms with E-state index in [0.717, 1.165) is 6.42 Å². The lowest BCUT2D eigenvalue weighted by molar-refractivity contribution is 0.654. The maximum absolute atomic E-state index is 4.35. The first-order valence-electron chi connectivity index (χ1n) is 6.00. The molecule has 2 aromatic rings. The fraction of sp³-hybridized carbons (Fsp3) is 0.267. The first kappa shape index (κ1) is 10.7. The molecule has 2 heteroatoms. The molecule has 0 saturated carbocycles. The molecule has 1 aliphatic rings. The Bertz CT molecular complexity index is 617. The zero-order chi connectivity index (χ0) is 11.8. The van der Waals surface area contributed by atoms with Crippen LogP contribution in [0.2, 0.25) is 0 Å². The van der Waals surface area contributed by atoms with Crippen LogP contribution >= 0.6 is 11.3 Å². The Morgan fingerprint density at radius 1 is 1.29 bits per heavy atom. The van der Waals surface area contributed by atoms with Gasteiger partial charge in [-0.15, -0.1) is 11.3 Å². The maximum Gasteiger partial charge on any atom is 0.0358 e. The summed E-state index contributed by atoms with van der Waals surface area (Å²) in [6.07, 6.45) is 7.14. The predicted molar refractivity (Wildman–Crippen MR) is 77.0 cm³/mol. The molecule has 1 aliphatic heterocycles. The lowest BCUT2D eigenvalue weighted by Crippen LogP contribution is -1.94. The molecule has 0 N–H and O–H groups in total. The van der Waals surface area contributed by atoms with Crippen molar-refractivity contribution in [2.24, 2.45) is 10.9 Å². The molecule has 0 radical (unpaired) electrons. The third-order valence-electron chi connectivity index (χ3n) is 3.00. The van der Waals surface area contributed by atoms with Crippen LogP contribution in [0.1, 0.15) is 29.9 Å². The monoisotopic (exact) mass is 241 g/mol. The number of rotatable bonds is 2. The molecule has 1 aromatic heterocycles. The van der Waals surface area contributed by atoms with Crippen LogP contribution in [0.5, 0.6) is 0 Å². The third kappa shape index (κ3) is 1.83. The molecule has 0 unspecified atom stereocenters. The van der Waals surface area contributed by atoms with Crippen LogP contribution in [0.15, 0.2) is 29.4 Å². The largest absolute Gasteiger partial charge is 0.264 e. The summed E-state index contributed by atoms with van der Waals surface area (Å²) in [7, 11) is 0. The van der Waals surface area contributed by atoms with Gasteiger partial charge in [-0.1, -0.05) is 26.0 Å². The van der Waals surface area contributed by atoms with Crippen molar-refractivity contribution in [3.63, 3.8) is 0 Å². The van der Waals surface area contributed by atoms with E-state index in [1.54, 1.807) is 0 Å². The van der Waals surface area contributed by atoms with Crippen molar-refractivity contribution >= 4 is 33.7 Å². The summed E-state index contributed by atoms with van der Waals surface area (Å²) in [4.78, 5) is 5.82. The van der Waals surface area contributed by atoms with Gasteiger partial charge in [0.2, 0.25) is 0 Å². The molecule has 1 nitrogen and oxygen atoms in total. The number of thiophene rings is 1. The minimum Gasteiger partial charge on any atom is -0.264 e. The predicted octanol–water partition coefficient (Wildman–Crippen LogP) is 4.50. The van der Waals surface area contributed by atoms with Gasteiger partial charge in [0, 0.05) is 32.9 Å². The normalized spacial score (nSPS) is 13.6. The van der Waals surface area contributed by atoms with Gasteiger partial charge in [-0.2, -0.15) is 0 Å². The number of hydrogen-bond donors (Lipinski definition) is 0. The fourth-order valence-electron chi connectivity index (χ4n) is 2.29. The first-order valence-corrected chi connectivity index (χ1v) is 6.81. The van der Waals surface area contributed by atoms with Crippen LogP contribution in [0.4, 0.5) is 0 Å². The van der Waals surface area contributed by atoms with Crippen molar-refractivity contribution in [1.82, 2.24) is 0 Å². The summed E-state index contributed by atoms with van der Waals surface area (Å²) in [6, 6.07) is 6.51. The average molecular weight is 241 g/mol. The highest BCUT2D eigenvalue weighted by Gasteiger charge is 2.14. The van der Waals surface area contributed by atoms with Gasteiger partial charge in [-0.3, -0.25) is 4.99 Å². The highest BCUT2D eigenvalue weighted by atomic mass is 32.1. The van der Waals surface area contributed by atoms with Crippen molar-refractivity contribution in [2.45, 2.75) is 20.3 Å². The molecule has 0 saturated heterocycles. The SMILES string of the molecule is CC(C)Cc1sc2cccc3c2c1C=NC=C3. The Kier molecular flexibility index (Phi) is 2.60. The average Bonchev–Trinajstić information content (AvgIpc) is 2.49. The number of nitrogens with zero attached hydrogens (tertiary/aromatic N) is 1. The van der Waals surface area contributed by atoms with Crippen LogP contribution < -0.4 is 0 Å². The van der Waals surface area contributed by atoms with E-state index in [1.807, 2.05) is 23.8 Å². The zero-order valence-electron chi connectivity index (χ0n) is 10.1. The van der Waals surface area contributed by atoms with Crippen LogP contribution in [0.3, 0.4) is 0 Å². The van der Waals surface area contributed by atoms with Gasteiger partial charge in [0.05, 0.1) is 0 Å². The molecular weight excluding hydrogens is 226 g/mol. The summed E-state index contributed by atoms with van der Waals surface area (Å²) in [6.45, 7) is 4.54. The van der Waals surface area contributed by atoms with E-state index in [2.05, 4.69) is 43.1 Å². The lowest BCUT2D eigenvalue weighted by atomic mass is 10.0. The lowest BCUT2D eigenvalue weighted by Gasteiger charge is -2.03. The molecule has 86 valence electrons. The van der Waals surface area contributed by atoms with Gasteiger partial charge < -0.3 is 0 Å². The van der Waals surface area contributed by atoms with Gasteiger partial charge in [-0.05, 0) is 30.0 Å². The number of benzene rings is 1. The summed E-state index contributed by atoms with van der Waals surface area (Å²) in [5.41, 5.74) is 2.63. The molecular formula is C15H15NS. The maximum atomic E-state index is 4.35. The Labute approximate surface area is 106 Å². The number of hydrogen-bond acceptors (Lipinski definition) is 2. The third-order valence-corrected chi connectivity index (χ3v) is 4.19. The van der Waals surface area contributed by atoms with Gasteiger partial charge >= 0.3 is 0 Å². The smallest absolute Gasteiger partial charge is 0.0358 e. The quantitative estimate of drug-likeness (QED) is 0.734. The summed E-state index contributed by atoms with van der Waals surface area (Å²) >= 11 is 1.92.